The van der Waals surface area contributed by atoms with Gasteiger partial charge >= 0.3 is 12.1 Å². The number of hydrogen-bond donors (Lipinski definition) is 1. The minimum absolute atomic E-state index is 0.0303. The summed E-state index contributed by atoms with van der Waals surface area (Å²) < 4.78 is 9.36. The lowest BCUT2D eigenvalue weighted by Gasteiger charge is -2.37. The maximum absolute atomic E-state index is 11.4. The second kappa shape index (κ2) is 8.79. The van der Waals surface area contributed by atoms with Crippen molar-refractivity contribution in [2.75, 3.05) is 33.9 Å². The number of carbonyl (C=O) groups excluding carboxylic acids is 2. The first-order chi connectivity index (χ1) is 9.58. The second-order valence-electron chi connectivity index (χ2n) is 5.35. The molecule has 116 valence electrons. The fourth-order valence-electron chi connectivity index (χ4n) is 2.71. The molecule has 0 bridgehead atoms. The van der Waals surface area contributed by atoms with E-state index in [1.54, 1.807) is 0 Å². The van der Waals surface area contributed by atoms with Crippen LogP contribution in [0.4, 0.5) is 4.79 Å². The van der Waals surface area contributed by atoms with Crippen molar-refractivity contribution in [3.8, 4) is 0 Å². The number of piperidine rings is 1. The summed E-state index contributed by atoms with van der Waals surface area (Å²) in [6.45, 7) is 3.99. The standard InChI is InChI=1S/C14H26N2O4/c1-4-5-6-11-7-12(15-14(18)20-3)9-16(8-11)10-13(17)19-2/h11-12H,4-10H2,1-3H3,(H,15,18). The molecular weight excluding hydrogens is 260 g/mol. The van der Waals surface area contributed by atoms with Crippen LogP contribution in [0.1, 0.15) is 32.6 Å². The van der Waals surface area contributed by atoms with Gasteiger partial charge in [0.15, 0.2) is 0 Å². The van der Waals surface area contributed by atoms with Gasteiger partial charge in [-0.25, -0.2) is 4.79 Å². The molecule has 2 atom stereocenters. The number of unbranched alkanes of at least 4 members (excludes halogenated alkanes) is 1. The van der Waals surface area contributed by atoms with Gasteiger partial charge in [0.25, 0.3) is 0 Å². The summed E-state index contributed by atoms with van der Waals surface area (Å²) in [7, 11) is 2.75. The lowest BCUT2D eigenvalue weighted by molar-refractivity contribution is -0.142. The lowest BCUT2D eigenvalue weighted by atomic mass is 9.90. The maximum atomic E-state index is 11.4. The topological polar surface area (TPSA) is 67.9 Å². The number of ether oxygens (including phenoxy) is 2. The lowest BCUT2D eigenvalue weighted by Crippen LogP contribution is -2.52. The molecule has 0 aromatic carbocycles. The predicted octanol–water partition coefficient (Wildman–Crippen LogP) is 1.40. The number of likely N-dealkylation sites (tertiary alicyclic amines) is 1. The highest BCUT2D eigenvalue weighted by Crippen LogP contribution is 2.22. The summed E-state index contributed by atoms with van der Waals surface area (Å²) in [5.74, 6) is 0.258. The van der Waals surface area contributed by atoms with Crippen LogP contribution in [0.2, 0.25) is 0 Å². The molecule has 1 aliphatic rings. The second-order valence-corrected chi connectivity index (χ2v) is 5.35. The van der Waals surface area contributed by atoms with Crippen LogP contribution in [0.3, 0.4) is 0 Å². The van der Waals surface area contributed by atoms with Crippen LogP contribution in [-0.2, 0) is 14.3 Å². The van der Waals surface area contributed by atoms with Crippen LogP contribution >= 0.6 is 0 Å². The molecule has 20 heavy (non-hydrogen) atoms. The van der Waals surface area contributed by atoms with Gasteiger partial charge in [0.1, 0.15) is 0 Å². The van der Waals surface area contributed by atoms with E-state index in [1.807, 2.05) is 0 Å². The molecule has 1 heterocycles. The number of alkyl carbamates (subject to hydrolysis) is 1. The van der Waals surface area contributed by atoms with E-state index in [-0.39, 0.29) is 18.6 Å². The first-order valence-electron chi connectivity index (χ1n) is 7.22. The number of carbonyl (C=O) groups is 2. The smallest absolute Gasteiger partial charge is 0.407 e. The molecule has 1 saturated heterocycles. The Labute approximate surface area is 120 Å². The monoisotopic (exact) mass is 286 g/mol. The van der Waals surface area contributed by atoms with Gasteiger partial charge < -0.3 is 14.8 Å². The number of rotatable bonds is 6. The van der Waals surface area contributed by atoms with Gasteiger partial charge in [-0.1, -0.05) is 19.8 Å². The van der Waals surface area contributed by atoms with Crippen LogP contribution < -0.4 is 5.32 Å². The molecular formula is C14H26N2O4. The van der Waals surface area contributed by atoms with Crippen molar-refractivity contribution < 1.29 is 19.1 Å². The third-order valence-corrected chi connectivity index (χ3v) is 3.67. The largest absolute Gasteiger partial charge is 0.468 e. The molecule has 0 aromatic rings. The molecule has 0 aliphatic carbocycles. The Balaban J connectivity index is 2.56. The highest BCUT2D eigenvalue weighted by molar-refractivity contribution is 5.71. The Morgan fingerprint density at radius 3 is 2.60 bits per heavy atom. The summed E-state index contributed by atoms with van der Waals surface area (Å²) in [6.07, 6.45) is 3.97. The quantitative estimate of drug-likeness (QED) is 0.747. The molecule has 1 N–H and O–H groups in total. The molecule has 0 saturated carbocycles. The zero-order valence-corrected chi connectivity index (χ0v) is 12.7. The number of nitrogens with zero attached hydrogens (tertiary/aromatic N) is 1. The van der Waals surface area contributed by atoms with Crippen LogP contribution in [0, 0.1) is 5.92 Å². The molecule has 1 fully saturated rings. The zero-order chi connectivity index (χ0) is 15.0. The average molecular weight is 286 g/mol. The summed E-state index contributed by atoms with van der Waals surface area (Å²) in [5.41, 5.74) is 0. The van der Waals surface area contributed by atoms with E-state index >= 15 is 0 Å². The van der Waals surface area contributed by atoms with Gasteiger partial charge in [-0.2, -0.15) is 0 Å². The minimum Gasteiger partial charge on any atom is -0.468 e. The van der Waals surface area contributed by atoms with Crippen LogP contribution in [-0.4, -0.2) is 56.9 Å². The number of methoxy groups -OCH3 is 2. The number of hydrogen-bond acceptors (Lipinski definition) is 5. The third-order valence-electron chi connectivity index (χ3n) is 3.67. The number of nitrogens with one attached hydrogen (secondary N) is 1. The molecule has 2 unspecified atom stereocenters. The fourth-order valence-corrected chi connectivity index (χ4v) is 2.71. The van der Waals surface area contributed by atoms with Crippen molar-refractivity contribution in [1.82, 2.24) is 10.2 Å². The molecule has 6 nitrogen and oxygen atoms in total. The Morgan fingerprint density at radius 2 is 2.00 bits per heavy atom. The normalized spacial score (nSPS) is 23.1. The van der Waals surface area contributed by atoms with Crippen LogP contribution in [0.15, 0.2) is 0 Å². The highest BCUT2D eigenvalue weighted by atomic mass is 16.5. The fraction of sp³-hybridized carbons (Fsp3) is 0.857. The molecule has 0 aromatic heterocycles. The van der Waals surface area contributed by atoms with Crippen LogP contribution in [0.25, 0.3) is 0 Å². The van der Waals surface area contributed by atoms with Gasteiger partial charge in [0.05, 0.1) is 20.8 Å². The van der Waals surface area contributed by atoms with E-state index in [9.17, 15) is 9.59 Å². The van der Waals surface area contributed by atoms with Crippen molar-refractivity contribution >= 4 is 12.1 Å². The van der Waals surface area contributed by atoms with Gasteiger partial charge in [0.2, 0.25) is 0 Å². The number of esters is 1. The Hall–Kier alpha value is -1.30. The Morgan fingerprint density at radius 1 is 1.25 bits per heavy atom. The van der Waals surface area contributed by atoms with E-state index in [1.165, 1.54) is 20.6 Å². The molecule has 1 aliphatic heterocycles. The summed E-state index contributed by atoms with van der Waals surface area (Å²) >= 11 is 0. The van der Waals surface area contributed by atoms with Gasteiger partial charge in [-0.05, 0) is 18.8 Å². The predicted molar refractivity (Wildman–Crippen MR) is 75.4 cm³/mol. The molecule has 0 spiro atoms. The molecule has 1 rings (SSSR count). The van der Waals surface area contributed by atoms with Gasteiger partial charge in [-0.3, -0.25) is 9.69 Å². The van der Waals surface area contributed by atoms with Crippen molar-refractivity contribution in [3.63, 3.8) is 0 Å². The van der Waals surface area contributed by atoms with Crippen LogP contribution in [0.5, 0.6) is 0 Å². The maximum Gasteiger partial charge on any atom is 0.407 e. The van der Waals surface area contributed by atoms with Gasteiger partial charge in [0, 0.05) is 19.1 Å². The Bertz CT molecular complexity index is 296. The van der Waals surface area contributed by atoms with E-state index in [0.717, 1.165) is 25.8 Å². The van der Waals surface area contributed by atoms with Crippen molar-refractivity contribution in [2.24, 2.45) is 5.92 Å². The average Bonchev–Trinajstić information content (AvgIpc) is 2.44. The molecule has 1 amide bonds. The van der Waals surface area contributed by atoms with E-state index in [0.29, 0.717) is 12.5 Å². The van der Waals surface area contributed by atoms with Crippen molar-refractivity contribution in [3.05, 3.63) is 0 Å². The summed E-state index contributed by atoms with van der Waals surface area (Å²) in [5, 5.41) is 2.84. The first kappa shape index (κ1) is 16.8. The minimum atomic E-state index is -0.413. The van der Waals surface area contributed by atoms with Gasteiger partial charge in [-0.15, -0.1) is 0 Å². The van der Waals surface area contributed by atoms with E-state index in [4.69, 9.17) is 4.74 Å². The molecule has 0 radical (unpaired) electrons. The number of amides is 1. The Kier molecular flexibility index (Phi) is 7.36. The zero-order valence-electron chi connectivity index (χ0n) is 12.7. The first-order valence-corrected chi connectivity index (χ1v) is 7.22. The SMILES string of the molecule is CCCCC1CC(NC(=O)OC)CN(CC(=O)OC)C1. The molecule has 6 heteroatoms. The summed E-state index contributed by atoms with van der Waals surface area (Å²) in [6, 6.07) is 0.0303. The highest BCUT2D eigenvalue weighted by Gasteiger charge is 2.29. The summed E-state index contributed by atoms with van der Waals surface area (Å²) in [4.78, 5) is 24.8. The third kappa shape index (κ3) is 5.77. The van der Waals surface area contributed by atoms with E-state index in [2.05, 4.69) is 21.9 Å². The van der Waals surface area contributed by atoms with Crippen molar-refractivity contribution in [2.45, 2.75) is 38.6 Å². The van der Waals surface area contributed by atoms with Crippen molar-refractivity contribution in [1.29, 1.82) is 0 Å². The van der Waals surface area contributed by atoms with E-state index < -0.39 is 6.09 Å².